The van der Waals surface area contributed by atoms with Gasteiger partial charge in [-0.05, 0) is 69.2 Å². The molecule has 0 amide bonds. The molecule has 2 heterocycles. The van der Waals surface area contributed by atoms with Gasteiger partial charge >= 0.3 is 0 Å². The van der Waals surface area contributed by atoms with Crippen LogP contribution in [0.5, 0.6) is 0 Å². The van der Waals surface area contributed by atoms with Crippen LogP contribution in [-0.2, 0) is 0 Å². The molecule has 2 saturated heterocycles. The molecule has 2 aliphatic rings. The van der Waals surface area contributed by atoms with Gasteiger partial charge in [-0.3, -0.25) is 0 Å². The van der Waals surface area contributed by atoms with E-state index in [0.717, 1.165) is 18.5 Å². The Kier molecular flexibility index (Phi) is 5.46. The third kappa shape index (κ3) is 3.38. The van der Waals surface area contributed by atoms with Crippen LogP contribution in [0.25, 0.3) is 0 Å². The molecule has 0 radical (unpaired) electrons. The highest BCUT2D eigenvalue weighted by Crippen LogP contribution is 2.32. The molecule has 0 aliphatic carbocycles. The molecule has 94 valence electrons. The Morgan fingerprint density at radius 2 is 2.00 bits per heavy atom. The van der Waals surface area contributed by atoms with Crippen LogP contribution in [0.15, 0.2) is 0 Å². The summed E-state index contributed by atoms with van der Waals surface area (Å²) in [5.41, 5.74) is 5.53. The van der Waals surface area contributed by atoms with Gasteiger partial charge in [-0.1, -0.05) is 6.42 Å². The van der Waals surface area contributed by atoms with Crippen molar-refractivity contribution in [2.24, 2.45) is 11.7 Å². The van der Waals surface area contributed by atoms with Crippen molar-refractivity contribution in [1.29, 1.82) is 0 Å². The van der Waals surface area contributed by atoms with Gasteiger partial charge in [-0.15, -0.1) is 0 Å². The fourth-order valence-corrected chi connectivity index (χ4v) is 4.42. The Labute approximate surface area is 104 Å². The Balaban J connectivity index is 1.74. The van der Waals surface area contributed by atoms with Gasteiger partial charge in [0.1, 0.15) is 0 Å². The molecular weight excluding hydrogens is 216 g/mol. The van der Waals surface area contributed by atoms with Crippen LogP contribution in [0.3, 0.4) is 0 Å². The molecule has 0 saturated carbocycles. The average molecular weight is 242 g/mol. The summed E-state index contributed by atoms with van der Waals surface area (Å²) in [6, 6.07) is 0.924. The van der Waals surface area contributed by atoms with Gasteiger partial charge in [0, 0.05) is 6.04 Å². The first-order valence-electron chi connectivity index (χ1n) is 6.93. The molecule has 2 aliphatic heterocycles. The molecular formula is C13H26N2S. The van der Waals surface area contributed by atoms with Crippen LogP contribution in [-0.4, -0.2) is 42.1 Å². The second-order valence-electron chi connectivity index (χ2n) is 5.22. The molecule has 3 heteroatoms. The Hall–Kier alpha value is 0.270. The number of fused-ring (bicyclic) bond motifs is 1. The third-order valence-electron chi connectivity index (χ3n) is 4.05. The van der Waals surface area contributed by atoms with E-state index in [4.69, 9.17) is 5.73 Å². The maximum absolute atomic E-state index is 5.53. The van der Waals surface area contributed by atoms with Crippen molar-refractivity contribution < 1.29 is 0 Å². The highest BCUT2D eigenvalue weighted by atomic mass is 32.2. The molecule has 0 aromatic heterocycles. The van der Waals surface area contributed by atoms with Crippen LogP contribution in [0.1, 0.15) is 38.5 Å². The summed E-state index contributed by atoms with van der Waals surface area (Å²) in [5.74, 6) is 3.61. The van der Waals surface area contributed by atoms with Crippen LogP contribution in [0.2, 0.25) is 0 Å². The number of thioether (sulfide) groups is 1. The highest BCUT2D eigenvalue weighted by Gasteiger charge is 2.32. The second kappa shape index (κ2) is 6.87. The van der Waals surface area contributed by atoms with E-state index in [1.807, 2.05) is 0 Å². The van der Waals surface area contributed by atoms with Crippen molar-refractivity contribution in [3.63, 3.8) is 0 Å². The molecule has 0 aromatic carbocycles. The van der Waals surface area contributed by atoms with E-state index in [-0.39, 0.29) is 0 Å². The number of piperidine rings is 2. The number of hydrogen-bond donors (Lipinski definition) is 1. The van der Waals surface area contributed by atoms with Gasteiger partial charge in [0.05, 0.1) is 0 Å². The lowest BCUT2D eigenvalue weighted by Crippen LogP contribution is -2.48. The van der Waals surface area contributed by atoms with E-state index in [1.54, 1.807) is 0 Å². The second-order valence-corrected chi connectivity index (χ2v) is 6.37. The first-order valence-corrected chi connectivity index (χ1v) is 8.09. The van der Waals surface area contributed by atoms with Crippen molar-refractivity contribution in [2.45, 2.75) is 44.6 Å². The summed E-state index contributed by atoms with van der Waals surface area (Å²) >= 11 is 2.13. The third-order valence-corrected chi connectivity index (χ3v) is 5.29. The molecule has 0 aromatic rings. The predicted octanol–water partition coefficient (Wildman–Crippen LogP) is 2.33. The monoisotopic (exact) mass is 242 g/mol. The number of rotatable bonds is 5. The molecule has 0 spiro atoms. The summed E-state index contributed by atoms with van der Waals surface area (Å²) in [7, 11) is 0. The van der Waals surface area contributed by atoms with Gasteiger partial charge in [-0.25, -0.2) is 0 Å². The summed E-state index contributed by atoms with van der Waals surface area (Å²) < 4.78 is 0. The highest BCUT2D eigenvalue weighted by molar-refractivity contribution is 7.99. The standard InChI is InChI=1S/C13H26N2S/c14-7-4-10-16-11-12-5-3-9-15-8-2-1-6-13(12)15/h12-13H,1-11,14H2/t12-,13-/m1/s1. The van der Waals surface area contributed by atoms with Gasteiger partial charge in [0.15, 0.2) is 0 Å². The summed E-state index contributed by atoms with van der Waals surface area (Å²) in [5, 5.41) is 0. The SMILES string of the molecule is NCCCSC[C@H]1CCCN2CCCC[C@H]12. The molecule has 2 rings (SSSR count). The Bertz CT molecular complexity index is 196. The molecule has 2 atom stereocenters. The molecule has 16 heavy (non-hydrogen) atoms. The van der Waals surface area contributed by atoms with E-state index in [0.29, 0.717) is 0 Å². The molecule has 0 bridgehead atoms. The zero-order valence-corrected chi connectivity index (χ0v) is 11.2. The van der Waals surface area contributed by atoms with E-state index < -0.39 is 0 Å². The minimum absolute atomic E-state index is 0.854. The maximum Gasteiger partial charge on any atom is 0.0131 e. The number of nitrogens with zero attached hydrogens (tertiary/aromatic N) is 1. The normalized spacial score (nSPS) is 31.3. The predicted molar refractivity (Wildman–Crippen MR) is 72.9 cm³/mol. The van der Waals surface area contributed by atoms with E-state index in [9.17, 15) is 0 Å². The van der Waals surface area contributed by atoms with Gasteiger partial charge in [0.25, 0.3) is 0 Å². The van der Waals surface area contributed by atoms with Crippen LogP contribution < -0.4 is 5.73 Å². The molecule has 2 N–H and O–H groups in total. The van der Waals surface area contributed by atoms with Gasteiger partial charge < -0.3 is 10.6 Å². The number of hydrogen-bond acceptors (Lipinski definition) is 3. The van der Waals surface area contributed by atoms with Crippen molar-refractivity contribution in [2.75, 3.05) is 31.1 Å². The zero-order chi connectivity index (χ0) is 11.2. The largest absolute Gasteiger partial charge is 0.330 e. The molecule has 2 nitrogen and oxygen atoms in total. The first kappa shape index (κ1) is 12.7. The fraction of sp³-hybridized carbons (Fsp3) is 1.00. The number of nitrogens with two attached hydrogens (primary N) is 1. The van der Waals surface area contributed by atoms with Crippen molar-refractivity contribution in [3.05, 3.63) is 0 Å². The van der Waals surface area contributed by atoms with Crippen molar-refractivity contribution in [3.8, 4) is 0 Å². The maximum atomic E-state index is 5.53. The summed E-state index contributed by atoms with van der Waals surface area (Å²) in [4.78, 5) is 2.77. The van der Waals surface area contributed by atoms with Crippen LogP contribution >= 0.6 is 11.8 Å². The lowest BCUT2D eigenvalue weighted by Gasteiger charge is -2.44. The van der Waals surface area contributed by atoms with Crippen molar-refractivity contribution in [1.82, 2.24) is 4.90 Å². The van der Waals surface area contributed by atoms with E-state index >= 15 is 0 Å². The molecule has 0 unspecified atom stereocenters. The summed E-state index contributed by atoms with van der Waals surface area (Å²) in [6.45, 7) is 3.59. The minimum Gasteiger partial charge on any atom is -0.330 e. The van der Waals surface area contributed by atoms with E-state index in [2.05, 4.69) is 16.7 Å². The van der Waals surface area contributed by atoms with Crippen molar-refractivity contribution >= 4 is 11.8 Å². The van der Waals surface area contributed by atoms with Crippen LogP contribution in [0, 0.1) is 5.92 Å². The lowest BCUT2D eigenvalue weighted by atomic mass is 9.85. The Morgan fingerprint density at radius 3 is 2.88 bits per heavy atom. The first-order chi connectivity index (χ1) is 7.92. The quantitative estimate of drug-likeness (QED) is 0.750. The fourth-order valence-electron chi connectivity index (χ4n) is 3.19. The molecule has 2 fully saturated rings. The average Bonchev–Trinajstić information content (AvgIpc) is 2.35. The lowest BCUT2D eigenvalue weighted by molar-refractivity contribution is 0.0693. The summed E-state index contributed by atoms with van der Waals surface area (Å²) in [6.07, 6.45) is 8.44. The van der Waals surface area contributed by atoms with Crippen LogP contribution in [0.4, 0.5) is 0 Å². The Morgan fingerprint density at radius 1 is 1.12 bits per heavy atom. The van der Waals surface area contributed by atoms with E-state index in [1.165, 1.54) is 63.1 Å². The smallest absolute Gasteiger partial charge is 0.0131 e. The zero-order valence-electron chi connectivity index (χ0n) is 10.4. The van der Waals surface area contributed by atoms with Gasteiger partial charge in [0.2, 0.25) is 0 Å². The topological polar surface area (TPSA) is 29.3 Å². The van der Waals surface area contributed by atoms with Gasteiger partial charge in [-0.2, -0.15) is 11.8 Å². The minimum atomic E-state index is 0.854.